The summed E-state index contributed by atoms with van der Waals surface area (Å²) in [5, 5.41) is 0. The molecule has 0 rings (SSSR count). The monoisotopic (exact) mass is 446 g/mol. The largest absolute Gasteiger partial charge is 0.353 e. The Balaban J connectivity index is 4.25. The van der Waals surface area contributed by atoms with Crippen molar-refractivity contribution < 1.29 is 33.2 Å². The van der Waals surface area contributed by atoms with E-state index in [1.807, 2.05) is 39.8 Å². The van der Waals surface area contributed by atoms with Crippen LogP contribution in [0.4, 0.5) is 0 Å². The molecule has 0 bridgehead atoms. The molecule has 0 heterocycles. The van der Waals surface area contributed by atoms with Gasteiger partial charge in [0, 0.05) is 40.6 Å². The molecule has 0 spiro atoms. The summed E-state index contributed by atoms with van der Waals surface area (Å²) in [4.78, 5) is 0. The predicted molar refractivity (Wildman–Crippen MR) is 123 cm³/mol. The molecular formula is C24H46O7. The summed E-state index contributed by atoms with van der Waals surface area (Å²) >= 11 is 0. The Morgan fingerprint density at radius 3 is 1.23 bits per heavy atom. The molecular weight excluding hydrogens is 400 g/mol. The molecule has 0 aliphatic carbocycles. The number of methoxy groups -OCH3 is 2. The topological polar surface area (TPSA) is 64.6 Å². The third-order valence-electron chi connectivity index (χ3n) is 4.35. The number of allylic oxidation sites excluding steroid dienone is 2. The highest BCUT2D eigenvalue weighted by Crippen LogP contribution is 2.11. The maximum Gasteiger partial charge on any atom is 0.179 e. The molecule has 0 saturated carbocycles. The average molecular weight is 447 g/mol. The smallest absolute Gasteiger partial charge is 0.179 e. The molecule has 0 aliphatic rings. The van der Waals surface area contributed by atoms with E-state index in [1.165, 1.54) is 0 Å². The van der Waals surface area contributed by atoms with Gasteiger partial charge in [-0.1, -0.05) is 12.2 Å². The van der Waals surface area contributed by atoms with Crippen molar-refractivity contribution in [1.29, 1.82) is 0 Å². The van der Waals surface area contributed by atoms with Crippen LogP contribution in [-0.2, 0) is 33.2 Å². The van der Waals surface area contributed by atoms with Crippen LogP contribution in [0, 0.1) is 0 Å². The van der Waals surface area contributed by atoms with Crippen LogP contribution in [0.1, 0.15) is 66.2 Å². The maximum atomic E-state index is 5.84. The Bertz CT molecular complexity index is 378. The van der Waals surface area contributed by atoms with Crippen molar-refractivity contribution in [2.45, 2.75) is 91.4 Å². The average Bonchev–Trinajstić information content (AvgIpc) is 2.77. The standard InChI is InChI=1S/C24H46O7/c1-7-27-23(28-8-2)19-15-11-13-17-21(25-5)31-22(26-6)18-14-12-16-20-24(29-9-3)30-10-4/h13-14,17-18,21-24H,7-12,15-16,19-20H2,1-6H3. The number of hydrogen-bond acceptors (Lipinski definition) is 7. The lowest BCUT2D eigenvalue weighted by Gasteiger charge is -2.18. The van der Waals surface area contributed by atoms with Crippen molar-refractivity contribution in [3.63, 3.8) is 0 Å². The van der Waals surface area contributed by atoms with Crippen molar-refractivity contribution in [1.82, 2.24) is 0 Å². The molecule has 31 heavy (non-hydrogen) atoms. The molecule has 7 nitrogen and oxygen atoms in total. The van der Waals surface area contributed by atoms with Gasteiger partial charge in [-0.15, -0.1) is 0 Å². The van der Waals surface area contributed by atoms with Crippen LogP contribution in [0.25, 0.3) is 0 Å². The molecule has 0 amide bonds. The number of ether oxygens (including phenoxy) is 7. The summed E-state index contributed by atoms with van der Waals surface area (Å²) in [7, 11) is 3.24. The van der Waals surface area contributed by atoms with E-state index < -0.39 is 12.6 Å². The Morgan fingerprint density at radius 2 is 0.935 bits per heavy atom. The Hall–Kier alpha value is -0.800. The van der Waals surface area contributed by atoms with E-state index in [-0.39, 0.29) is 12.6 Å². The van der Waals surface area contributed by atoms with Gasteiger partial charge in [0.2, 0.25) is 0 Å². The quantitative estimate of drug-likeness (QED) is 0.129. The zero-order chi connectivity index (χ0) is 23.2. The Kier molecular flexibility index (Phi) is 21.8. The molecule has 184 valence electrons. The fraction of sp³-hybridized carbons (Fsp3) is 0.833. The van der Waals surface area contributed by atoms with Crippen molar-refractivity contribution in [3.05, 3.63) is 24.3 Å². The maximum absolute atomic E-state index is 5.84. The SMILES string of the molecule is CCOC(CCCC=CC(OC)OC(C=CCCCC(OCC)OCC)OC)OCC. The van der Waals surface area contributed by atoms with Crippen molar-refractivity contribution in [2.75, 3.05) is 40.6 Å². The van der Waals surface area contributed by atoms with Crippen LogP contribution in [0.15, 0.2) is 24.3 Å². The summed E-state index contributed by atoms with van der Waals surface area (Å²) in [6.45, 7) is 10.5. The molecule has 2 atom stereocenters. The number of hydrogen-bond donors (Lipinski definition) is 0. The second-order valence-corrected chi connectivity index (χ2v) is 6.74. The summed E-state index contributed by atoms with van der Waals surface area (Å²) in [5.74, 6) is 0. The van der Waals surface area contributed by atoms with E-state index in [2.05, 4.69) is 12.2 Å². The van der Waals surface area contributed by atoms with Gasteiger partial charge in [-0.25, -0.2) is 0 Å². The fourth-order valence-electron chi connectivity index (χ4n) is 2.88. The molecule has 0 N–H and O–H groups in total. The van der Waals surface area contributed by atoms with E-state index in [4.69, 9.17) is 33.2 Å². The van der Waals surface area contributed by atoms with Gasteiger partial charge in [0.25, 0.3) is 0 Å². The van der Waals surface area contributed by atoms with Crippen LogP contribution >= 0.6 is 0 Å². The zero-order valence-corrected chi connectivity index (χ0v) is 20.5. The van der Waals surface area contributed by atoms with Crippen LogP contribution in [-0.4, -0.2) is 65.8 Å². The molecule has 0 aliphatic heterocycles. The third-order valence-corrected chi connectivity index (χ3v) is 4.35. The van der Waals surface area contributed by atoms with Gasteiger partial charge in [-0.2, -0.15) is 0 Å². The van der Waals surface area contributed by atoms with E-state index in [9.17, 15) is 0 Å². The molecule has 0 saturated heterocycles. The second-order valence-electron chi connectivity index (χ2n) is 6.74. The molecule has 0 radical (unpaired) electrons. The lowest BCUT2D eigenvalue weighted by Crippen LogP contribution is -2.22. The number of unbranched alkanes of at least 4 members (excludes halogenated alkanes) is 2. The number of rotatable bonds is 22. The Labute approximate surface area is 190 Å². The Morgan fingerprint density at radius 1 is 0.581 bits per heavy atom. The van der Waals surface area contributed by atoms with Crippen molar-refractivity contribution in [2.24, 2.45) is 0 Å². The normalized spacial score (nSPS) is 14.5. The highest BCUT2D eigenvalue weighted by molar-refractivity contribution is 4.89. The van der Waals surface area contributed by atoms with E-state index in [0.29, 0.717) is 26.4 Å². The highest BCUT2D eigenvalue weighted by Gasteiger charge is 2.11. The molecule has 0 aromatic carbocycles. The minimum absolute atomic E-state index is 0.127. The summed E-state index contributed by atoms with van der Waals surface area (Å²) in [6, 6.07) is 0. The van der Waals surface area contributed by atoms with Gasteiger partial charge in [0.1, 0.15) is 0 Å². The van der Waals surface area contributed by atoms with E-state index in [1.54, 1.807) is 14.2 Å². The summed E-state index contributed by atoms with van der Waals surface area (Å²) < 4.78 is 38.9. The third kappa shape index (κ3) is 17.4. The first-order chi connectivity index (χ1) is 15.1. The van der Waals surface area contributed by atoms with Crippen molar-refractivity contribution >= 4 is 0 Å². The molecule has 0 fully saturated rings. The second kappa shape index (κ2) is 22.4. The zero-order valence-electron chi connectivity index (χ0n) is 20.5. The first-order valence-corrected chi connectivity index (χ1v) is 11.7. The van der Waals surface area contributed by atoms with Gasteiger partial charge in [-0.05, 0) is 78.4 Å². The van der Waals surface area contributed by atoms with Crippen LogP contribution < -0.4 is 0 Å². The lowest BCUT2D eigenvalue weighted by molar-refractivity contribution is -0.188. The minimum atomic E-state index is -0.468. The first-order valence-electron chi connectivity index (χ1n) is 11.7. The van der Waals surface area contributed by atoms with Gasteiger partial charge in [0.05, 0.1) is 0 Å². The summed E-state index contributed by atoms with van der Waals surface area (Å²) in [5.41, 5.74) is 0. The van der Waals surface area contributed by atoms with E-state index >= 15 is 0 Å². The molecule has 7 heteroatoms. The van der Waals surface area contributed by atoms with Gasteiger partial charge in [-0.3, -0.25) is 0 Å². The molecule has 0 aromatic rings. The highest BCUT2D eigenvalue weighted by atomic mass is 16.8. The lowest BCUT2D eigenvalue weighted by atomic mass is 10.2. The fourth-order valence-corrected chi connectivity index (χ4v) is 2.88. The first kappa shape index (κ1) is 30.2. The molecule has 0 aromatic heterocycles. The van der Waals surface area contributed by atoms with Crippen LogP contribution in [0.2, 0.25) is 0 Å². The minimum Gasteiger partial charge on any atom is -0.353 e. The van der Waals surface area contributed by atoms with E-state index in [0.717, 1.165) is 38.5 Å². The van der Waals surface area contributed by atoms with Gasteiger partial charge >= 0.3 is 0 Å². The molecule has 2 unspecified atom stereocenters. The van der Waals surface area contributed by atoms with Gasteiger partial charge < -0.3 is 33.2 Å². The predicted octanol–water partition coefficient (Wildman–Crippen LogP) is 5.20. The summed E-state index contributed by atoms with van der Waals surface area (Å²) in [6.07, 6.45) is 12.2. The van der Waals surface area contributed by atoms with Crippen LogP contribution in [0.5, 0.6) is 0 Å². The van der Waals surface area contributed by atoms with Crippen molar-refractivity contribution in [3.8, 4) is 0 Å². The van der Waals surface area contributed by atoms with Crippen LogP contribution in [0.3, 0.4) is 0 Å². The van der Waals surface area contributed by atoms with Gasteiger partial charge in [0.15, 0.2) is 25.2 Å².